The molecular formula is C10H14O2S. The van der Waals surface area contributed by atoms with Crippen LogP contribution in [-0.4, -0.2) is 20.0 Å². The zero-order chi connectivity index (χ0) is 9.68. The highest BCUT2D eigenvalue weighted by atomic mass is 32.2. The quantitative estimate of drug-likeness (QED) is 0.693. The Balaban J connectivity index is 2.93. The Morgan fingerprint density at radius 2 is 2.00 bits per heavy atom. The van der Waals surface area contributed by atoms with Crippen molar-refractivity contribution in [2.24, 2.45) is 0 Å². The smallest absolute Gasteiger partial charge is 0.136 e. The molecule has 1 rings (SSSR count). The van der Waals surface area contributed by atoms with Gasteiger partial charge >= 0.3 is 0 Å². The molecule has 3 heteroatoms. The van der Waals surface area contributed by atoms with Gasteiger partial charge < -0.3 is 9.47 Å². The van der Waals surface area contributed by atoms with Gasteiger partial charge in [0.2, 0.25) is 0 Å². The number of thioether (sulfide) groups is 1. The lowest BCUT2D eigenvalue weighted by Gasteiger charge is -2.08. The third-order valence-corrected chi connectivity index (χ3v) is 2.61. The lowest BCUT2D eigenvalue weighted by atomic mass is 10.3. The lowest BCUT2D eigenvalue weighted by molar-refractivity contribution is 0.387. The second-order valence-corrected chi connectivity index (χ2v) is 3.76. The van der Waals surface area contributed by atoms with Crippen LogP contribution in [0.3, 0.4) is 0 Å². The molecule has 0 amide bonds. The van der Waals surface area contributed by atoms with Crippen molar-refractivity contribution < 1.29 is 9.47 Å². The van der Waals surface area contributed by atoms with Gasteiger partial charge in [0, 0.05) is 11.0 Å². The Hall–Kier alpha value is -0.830. The summed E-state index contributed by atoms with van der Waals surface area (Å²) in [6, 6.07) is 5.87. The fourth-order valence-corrected chi connectivity index (χ4v) is 1.81. The van der Waals surface area contributed by atoms with Crippen molar-refractivity contribution >= 4 is 11.8 Å². The summed E-state index contributed by atoms with van der Waals surface area (Å²) in [7, 11) is 3.33. The number of methoxy groups -OCH3 is 2. The lowest BCUT2D eigenvalue weighted by Crippen LogP contribution is -1.89. The van der Waals surface area contributed by atoms with E-state index in [1.165, 1.54) is 0 Å². The van der Waals surface area contributed by atoms with E-state index in [0.717, 1.165) is 22.1 Å². The third kappa shape index (κ3) is 2.56. The summed E-state index contributed by atoms with van der Waals surface area (Å²) in [5.41, 5.74) is 0. The van der Waals surface area contributed by atoms with Crippen molar-refractivity contribution in [2.45, 2.75) is 11.8 Å². The maximum atomic E-state index is 5.24. The molecule has 0 aliphatic carbocycles. The molecule has 0 bridgehead atoms. The maximum absolute atomic E-state index is 5.24. The molecule has 1 aromatic rings. The van der Waals surface area contributed by atoms with Crippen molar-refractivity contribution in [2.75, 3.05) is 20.0 Å². The van der Waals surface area contributed by atoms with Crippen LogP contribution in [0.2, 0.25) is 0 Å². The second kappa shape index (κ2) is 5.02. The van der Waals surface area contributed by atoms with Crippen LogP contribution in [0.25, 0.3) is 0 Å². The molecule has 0 spiro atoms. The summed E-state index contributed by atoms with van der Waals surface area (Å²) in [6.45, 7) is 2.12. The summed E-state index contributed by atoms with van der Waals surface area (Å²) < 4.78 is 10.3. The van der Waals surface area contributed by atoms with Crippen LogP contribution in [0.1, 0.15) is 6.92 Å². The zero-order valence-corrected chi connectivity index (χ0v) is 8.98. The van der Waals surface area contributed by atoms with E-state index in [-0.39, 0.29) is 0 Å². The molecule has 1 aromatic carbocycles. The van der Waals surface area contributed by atoms with Crippen molar-refractivity contribution in [3.63, 3.8) is 0 Å². The van der Waals surface area contributed by atoms with Gasteiger partial charge in [-0.15, -0.1) is 11.8 Å². The first kappa shape index (κ1) is 10.3. The standard InChI is InChI=1S/C10H14O2S/c1-4-13-10-6-5-8(11-2)7-9(10)12-3/h5-7H,4H2,1-3H3. The van der Waals surface area contributed by atoms with E-state index in [0.29, 0.717) is 0 Å². The summed E-state index contributed by atoms with van der Waals surface area (Å²) in [5.74, 6) is 2.76. The molecule has 0 saturated carbocycles. The molecule has 72 valence electrons. The van der Waals surface area contributed by atoms with Gasteiger partial charge in [0.25, 0.3) is 0 Å². The van der Waals surface area contributed by atoms with E-state index < -0.39 is 0 Å². The minimum Gasteiger partial charge on any atom is -0.497 e. The van der Waals surface area contributed by atoms with Crippen molar-refractivity contribution in [3.05, 3.63) is 18.2 Å². The van der Waals surface area contributed by atoms with Crippen LogP contribution in [0.4, 0.5) is 0 Å². The van der Waals surface area contributed by atoms with Crippen LogP contribution in [-0.2, 0) is 0 Å². The van der Waals surface area contributed by atoms with E-state index >= 15 is 0 Å². The highest BCUT2D eigenvalue weighted by Crippen LogP contribution is 2.32. The Labute approximate surface area is 83.2 Å². The van der Waals surface area contributed by atoms with Crippen molar-refractivity contribution in [1.29, 1.82) is 0 Å². The molecular weight excluding hydrogens is 184 g/mol. The molecule has 0 fully saturated rings. The van der Waals surface area contributed by atoms with Gasteiger partial charge in [-0.1, -0.05) is 6.92 Å². The first-order chi connectivity index (χ1) is 6.31. The molecule has 0 aromatic heterocycles. The maximum Gasteiger partial charge on any atom is 0.136 e. The van der Waals surface area contributed by atoms with Gasteiger partial charge in [-0.25, -0.2) is 0 Å². The van der Waals surface area contributed by atoms with Gasteiger partial charge in [0.15, 0.2) is 0 Å². The number of hydrogen-bond acceptors (Lipinski definition) is 3. The fraction of sp³-hybridized carbons (Fsp3) is 0.400. The fourth-order valence-electron chi connectivity index (χ4n) is 1.05. The molecule has 0 heterocycles. The molecule has 0 unspecified atom stereocenters. The predicted molar refractivity (Wildman–Crippen MR) is 55.9 cm³/mol. The highest BCUT2D eigenvalue weighted by molar-refractivity contribution is 7.99. The summed E-state index contributed by atoms with van der Waals surface area (Å²) in [4.78, 5) is 1.16. The number of ether oxygens (including phenoxy) is 2. The summed E-state index contributed by atoms with van der Waals surface area (Å²) >= 11 is 1.77. The molecule has 0 N–H and O–H groups in total. The van der Waals surface area contributed by atoms with Gasteiger partial charge in [-0.3, -0.25) is 0 Å². The normalized spacial score (nSPS) is 9.77. The van der Waals surface area contributed by atoms with E-state index in [9.17, 15) is 0 Å². The van der Waals surface area contributed by atoms with Crippen molar-refractivity contribution in [1.82, 2.24) is 0 Å². The topological polar surface area (TPSA) is 18.5 Å². The average molecular weight is 198 g/mol. The SMILES string of the molecule is CCSc1ccc(OC)cc1OC. The van der Waals surface area contributed by atoms with Gasteiger partial charge in [-0.2, -0.15) is 0 Å². The number of benzene rings is 1. The second-order valence-electron chi connectivity index (χ2n) is 2.45. The Morgan fingerprint density at radius 3 is 2.54 bits per heavy atom. The Bertz CT molecular complexity index is 274. The predicted octanol–water partition coefficient (Wildman–Crippen LogP) is 2.82. The Kier molecular flexibility index (Phi) is 3.96. The zero-order valence-electron chi connectivity index (χ0n) is 8.16. The number of rotatable bonds is 4. The first-order valence-electron chi connectivity index (χ1n) is 4.16. The molecule has 0 atom stereocenters. The largest absolute Gasteiger partial charge is 0.497 e. The van der Waals surface area contributed by atoms with Crippen LogP contribution in [0.5, 0.6) is 11.5 Å². The van der Waals surface area contributed by atoms with Crippen LogP contribution in [0, 0.1) is 0 Å². The minimum absolute atomic E-state index is 0.831. The number of hydrogen-bond donors (Lipinski definition) is 0. The molecule has 0 saturated heterocycles. The van der Waals surface area contributed by atoms with E-state index in [2.05, 4.69) is 6.92 Å². The highest BCUT2D eigenvalue weighted by Gasteiger charge is 2.03. The minimum atomic E-state index is 0.831. The van der Waals surface area contributed by atoms with E-state index in [4.69, 9.17) is 9.47 Å². The van der Waals surface area contributed by atoms with Gasteiger partial charge in [0.1, 0.15) is 11.5 Å². The van der Waals surface area contributed by atoms with E-state index in [1.54, 1.807) is 26.0 Å². The van der Waals surface area contributed by atoms with Crippen molar-refractivity contribution in [3.8, 4) is 11.5 Å². The van der Waals surface area contributed by atoms with Crippen LogP contribution >= 0.6 is 11.8 Å². The van der Waals surface area contributed by atoms with E-state index in [1.807, 2.05) is 18.2 Å². The third-order valence-electron chi connectivity index (χ3n) is 1.67. The Morgan fingerprint density at radius 1 is 1.23 bits per heavy atom. The summed E-state index contributed by atoms with van der Waals surface area (Å²) in [5, 5.41) is 0. The van der Waals surface area contributed by atoms with Gasteiger partial charge in [0.05, 0.1) is 14.2 Å². The van der Waals surface area contributed by atoms with Crippen LogP contribution in [0.15, 0.2) is 23.1 Å². The molecule has 0 radical (unpaired) electrons. The molecule has 0 aliphatic heterocycles. The monoisotopic (exact) mass is 198 g/mol. The first-order valence-corrected chi connectivity index (χ1v) is 5.15. The molecule has 13 heavy (non-hydrogen) atoms. The van der Waals surface area contributed by atoms with Gasteiger partial charge in [-0.05, 0) is 17.9 Å². The molecule has 0 aliphatic rings. The summed E-state index contributed by atoms with van der Waals surface area (Å²) in [6.07, 6.45) is 0. The molecule has 2 nitrogen and oxygen atoms in total. The van der Waals surface area contributed by atoms with Crippen LogP contribution < -0.4 is 9.47 Å². The average Bonchev–Trinajstić information content (AvgIpc) is 2.19.